The van der Waals surface area contributed by atoms with Crippen LogP contribution in [0.1, 0.15) is 17.8 Å². The van der Waals surface area contributed by atoms with Gasteiger partial charge in [0.15, 0.2) is 0 Å². The molecule has 1 atom stereocenters. The molecule has 0 aliphatic heterocycles. The highest BCUT2D eigenvalue weighted by Gasteiger charge is 2.21. The lowest BCUT2D eigenvalue weighted by atomic mass is 9.90. The molecule has 106 valence electrons. The largest absolute Gasteiger partial charge is 0.493 e. The van der Waals surface area contributed by atoms with Gasteiger partial charge in [-0.1, -0.05) is 36.4 Å². The monoisotopic (exact) mass is 278 g/mol. The van der Waals surface area contributed by atoms with Crippen molar-refractivity contribution >= 4 is 10.8 Å². The molecule has 0 bridgehead atoms. The summed E-state index contributed by atoms with van der Waals surface area (Å²) in [7, 11) is 0. The third-order valence-corrected chi connectivity index (χ3v) is 4.31. The third kappa shape index (κ3) is 2.40. The summed E-state index contributed by atoms with van der Waals surface area (Å²) in [5.41, 5.74) is 2.52. The van der Waals surface area contributed by atoms with Crippen molar-refractivity contribution in [2.24, 2.45) is 5.92 Å². The minimum absolute atomic E-state index is 0.567. The first kappa shape index (κ1) is 12.5. The Labute approximate surface area is 124 Å². The predicted octanol–water partition coefficient (Wildman–Crippen LogP) is 3.75. The Morgan fingerprint density at radius 1 is 1.14 bits per heavy atom. The van der Waals surface area contributed by atoms with Crippen molar-refractivity contribution in [1.82, 2.24) is 9.97 Å². The number of fused-ring (bicyclic) bond motifs is 2. The average molecular weight is 278 g/mol. The van der Waals surface area contributed by atoms with Gasteiger partial charge in [0.25, 0.3) is 0 Å². The first-order chi connectivity index (χ1) is 10.4. The molecule has 1 aromatic heterocycles. The first-order valence-corrected chi connectivity index (χ1v) is 7.52. The summed E-state index contributed by atoms with van der Waals surface area (Å²) in [5, 5.41) is 2.42. The van der Waals surface area contributed by atoms with E-state index < -0.39 is 0 Å². The van der Waals surface area contributed by atoms with Crippen LogP contribution in [0.3, 0.4) is 0 Å². The van der Waals surface area contributed by atoms with E-state index in [9.17, 15) is 0 Å². The summed E-state index contributed by atoms with van der Waals surface area (Å²) >= 11 is 0. The van der Waals surface area contributed by atoms with Gasteiger partial charge in [0.2, 0.25) is 0 Å². The van der Waals surface area contributed by atoms with Gasteiger partial charge in [0.05, 0.1) is 18.6 Å². The Balaban J connectivity index is 1.49. The van der Waals surface area contributed by atoms with Crippen molar-refractivity contribution in [2.45, 2.75) is 19.3 Å². The van der Waals surface area contributed by atoms with Crippen LogP contribution in [-0.4, -0.2) is 16.6 Å². The van der Waals surface area contributed by atoms with Crippen LogP contribution in [0.15, 0.2) is 48.8 Å². The van der Waals surface area contributed by atoms with E-state index in [1.807, 2.05) is 0 Å². The third-order valence-electron chi connectivity index (χ3n) is 4.31. The number of rotatable bonds is 3. The van der Waals surface area contributed by atoms with E-state index in [-0.39, 0.29) is 0 Å². The van der Waals surface area contributed by atoms with Gasteiger partial charge in [-0.3, -0.25) is 0 Å². The number of hydrogen-bond donors (Lipinski definition) is 1. The first-order valence-electron chi connectivity index (χ1n) is 7.52. The van der Waals surface area contributed by atoms with E-state index in [2.05, 4.69) is 52.4 Å². The normalized spacial score (nSPS) is 17.6. The van der Waals surface area contributed by atoms with E-state index in [0.29, 0.717) is 5.92 Å². The second-order valence-corrected chi connectivity index (χ2v) is 5.72. The van der Waals surface area contributed by atoms with Crippen LogP contribution in [0, 0.1) is 5.92 Å². The number of aromatic amines is 1. The standard InChI is InChI=1S/C18H18N2O/c1-2-6-15-14(4-1)5-3-7-18(15)21-11-13-8-9-16-17(10-13)20-12-19-16/h1-7,12-13H,8-11H2,(H,19,20). The Morgan fingerprint density at radius 2 is 2.05 bits per heavy atom. The maximum absolute atomic E-state index is 6.12. The molecule has 3 aromatic rings. The van der Waals surface area contributed by atoms with Crippen LogP contribution >= 0.6 is 0 Å². The number of ether oxygens (including phenoxy) is 1. The van der Waals surface area contributed by atoms with Crippen LogP contribution in [-0.2, 0) is 12.8 Å². The highest BCUT2D eigenvalue weighted by atomic mass is 16.5. The van der Waals surface area contributed by atoms with Gasteiger partial charge in [-0.25, -0.2) is 4.98 Å². The molecule has 0 radical (unpaired) electrons. The second-order valence-electron chi connectivity index (χ2n) is 5.72. The molecule has 0 amide bonds. The minimum Gasteiger partial charge on any atom is -0.493 e. The molecule has 0 saturated carbocycles. The number of nitrogens with one attached hydrogen (secondary N) is 1. The number of H-pyrrole nitrogens is 1. The molecule has 0 saturated heterocycles. The van der Waals surface area contributed by atoms with Crippen molar-refractivity contribution in [1.29, 1.82) is 0 Å². The molecule has 3 nitrogen and oxygen atoms in total. The summed E-state index contributed by atoms with van der Waals surface area (Å²) in [5.74, 6) is 1.56. The Morgan fingerprint density at radius 3 is 3.05 bits per heavy atom. The molecule has 0 spiro atoms. The molecule has 1 aliphatic carbocycles. The quantitative estimate of drug-likeness (QED) is 0.792. The van der Waals surface area contributed by atoms with Gasteiger partial charge in [-0.05, 0) is 36.6 Å². The molecule has 1 unspecified atom stereocenters. The molecule has 1 N–H and O–H groups in total. The van der Waals surface area contributed by atoms with Crippen molar-refractivity contribution in [3.63, 3.8) is 0 Å². The van der Waals surface area contributed by atoms with Gasteiger partial charge >= 0.3 is 0 Å². The summed E-state index contributed by atoms with van der Waals surface area (Å²) in [4.78, 5) is 7.60. The molecule has 4 rings (SSSR count). The molecule has 21 heavy (non-hydrogen) atoms. The second kappa shape index (κ2) is 5.24. The SMILES string of the molecule is c1ccc2c(OCC3CCc4nc[nH]c4C3)cccc2c1. The van der Waals surface area contributed by atoms with Gasteiger partial charge in [0, 0.05) is 11.1 Å². The van der Waals surface area contributed by atoms with Crippen molar-refractivity contribution in [2.75, 3.05) is 6.61 Å². The topological polar surface area (TPSA) is 37.9 Å². The van der Waals surface area contributed by atoms with E-state index in [0.717, 1.165) is 31.6 Å². The predicted molar refractivity (Wildman–Crippen MR) is 83.5 cm³/mol. The van der Waals surface area contributed by atoms with Gasteiger partial charge in [-0.15, -0.1) is 0 Å². The molecule has 1 aliphatic rings. The fourth-order valence-corrected chi connectivity index (χ4v) is 3.14. The van der Waals surface area contributed by atoms with Gasteiger partial charge in [0.1, 0.15) is 5.75 Å². The number of benzene rings is 2. The lowest BCUT2D eigenvalue weighted by Crippen LogP contribution is -2.20. The van der Waals surface area contributed by atoms with Gasteiger partial charge in [-0.2, -0.15) is 0 Å². The minimum atomic E-state index is 0.567. The van der Waals surface area contributed by atoms with Crippen molar-refractivity contribution in [3.05, 3.63) is 60.2 Å². The fourth-order valence-electron chi connectivity index (χ4n) is 3.14. The molecule has 3 heteroatoms. The molecular formula is C18H18N2O. The maximum atomic E-state index is 6.12. The van der Waals surface area contributed by atoms with Crippen LogP contribution < -0.4 is 4.74 Å². The summed E-state index contributed by atoms with van der Waals surface area (Å²) < 4.78 is 6.12. The molecule has 2 aromatic carbocycles. The number of imidazole rings is 1. The van der Waals surface area contributed by atoms with E-state index in [4.69, 9.17) is 4.74 Å². The number of hydrogen-bond acceptors (Lipinski definition) is 2. The van der Waals surface area contributed by atoms with Crippen LogP contribution in [0.4, 0.5) is 0 Å². The fraction of sp³-hybridized carbons (Fsp3) is 0.278. The van der Waals surface area contributed by atoms with E-state index >= 15 is 0 Å². The van der Waals surface area contributed by atoms with E-state index in [1.54, 1.807) is 6.33 Å². The number of aromatic nitrogens is 2. The van der Waals surface area contributed by atoms with Crippen molar-refractivity contribution < 1.29 is 4.74 Å². The molecular weight excluding hydrogens is 260 g/mol. The van der Waals surface area contributed by atoms with Crippen LogP contribution in [0.5, 0.6) is 5.75 Å². The summed E-state index contributed by atoms with van der Waals surface area (Å²) in [6.45, 7) is 0.770. The van der Waals surface area contributed by atoms with E-state index in [1.165, 1.54) is 22.2 Å². The maximum Gasteiger partial charge on any atom is 0.127 e. The summed E-state index contributed by atoms with van der Waals surface area (Å²) in [6, 6.07) is 14.6. The number of aryl methyl sites for hydroxylation is 1. The Bertz CT molecular complexity index is 757. The van der Waals surface area contributed by atoms with Gasteiger partial charge < -0.3 is 9.72 Å². The zero-order valence-corrected chi connectivity index (χ0v) is 11.9. The summed E-state index contributed by atoms with van der Waals surface area (Å²) in [6.07, 6.45) is 5.06. The lowest BCUT2D eigenvalue weighted by molar-refractivity contribution is 0.235. The Kier molecular flexibility index (Phi) is 3.11. The molecule has 0 fully saturated rings. The van der Waals surface area contributed by atoms with Crippen molar-refractivity contribution in [3.8, 4) is 5.75 Å². The average Bonchev–Trinajstić information content (AvgIpc) is 3.00. The van der Waals surface area contributed by atoms with Crippen LogP contribution in [0.25, 0.3) is 10.8 Å². The smallest absolute Gasteiger partial charge is 0.127 e. The highest BCUT2D eigenvalue weighted by Crippen LogP contribution is 2.28. The Hall–Kier alpha value is -2.29. The van der Waals surface area contributed by atoms with Crippen LogP contribution in [0.2, 0.25) is 0 Å². The zero-order chi connectivity index (χ0) is 14.1. The lowest BCUT2D eigenvalue weighted by Gasteiger charge is -2.22. The zero-order valence-electron chi connectivity index (χ0n) is 11.9. The molecule has 1 heterocycles. The highest BCUT2D eigenvalue weighted by molar-refractivity contribution is 5.88. The number of nitrogens with zero attached hydrogens (tertiary/aromatic N) is 1.